The lowest BCUT2D eigenvalue weighted by molar-refractivity contribution is 0.0814. The van der Waals surface area contributed by atoms with Gasteiger partial charge in [0, 0.05) is 48.1 Å². The fourth-order valence-electron chi connectivity index (χ4n) is 5.94. The summed E-state index contributed by atoms with van der Waals surface area (Å²) in [5, 5.41) is 19.8. The van der Waals surface area contributed by atoms with Gasteiger partial charge in [-0.1, -0.05) is 49.4 Å². The smallest absolute Gasteiger partial charge is 0.251 e. The van der Waals surface area contributed by atoms with E-state index >= 15 is 0 Å². The summed E-state index contributed by atoms with van der Waals surface area (Å²) in [6.07, 6.45) is 2.81. The van der Waals surface area contributed by atoms with Crippen molar-refractivity contribution < 1.29 is 14.6 Å². The van der Waals surface area contributed by atoms with Gasteiger partial charge >= 0.3 is 0 Å². The highest BCUT2D eigenvalue weighted by Gasteiger charge is 2.28. The minimum absolute atomic E-state index is 0.185. The summed E-state index contributed by atoms with van der Waals surface area (Å²) in [5.41, 5.74) is 5.74. The van der Waals surface area contributed by atoms with Crippen molar-refractivity contribution in [2.45, 2.75) is 70.0 Å². The number of aromatic nitrogens is 1. The molecule has 0 spiro atoms. The van der Waals surface area contributed by atoms with Crippen molar-refractivity contribution in [2.24, 2.45) is 0 Å². The van der Waals surface area contributed by atoms with E-state index in [9.17, 15) is 9.90 Å². The van der Waals surface area contributed by atoms with Gasteiger partial charge in [-0.2, -0.15) is 0 Å². The zero-order valence-electron chi connectivity index (χ0n) is 26.1. The molecule has 0 saturated heterocycles. The summed E-state index contributed by atoms with van der Waals surface area (Å²) < 4.78 is 9.94. The minimum Gasteiger partial charge on any atom is -0.497 e. The topological polar surface area (TPSA) is 78.8 Å². The Bertz CT molecular complexity index is 1570. The Morgan fingerprint density at radius 1 is 1.14 bits per heavy atom. The Labute approximate surface area is 259 Å². The fraction of sp³-hybridized carbons (Fsp3) is 0.400. The molecule has 5 rings (SSSR count). The number of aliphatic hydroxyl groups excluding tert-OH is 1. The van der Waals surface area contributed by atoms with Crippen LogP contribution in [0.3, 0.4) is 0 Å². The van der Waals surface area contributed by atoms with E-state index in [4.69, 9.17) is 4.74 Å². The molecule has 1 aliphatic heterocycles. The van der Waals surface area contributed by atoms with Crippen molar-refractivity contribution in [1.29, 1.82) is 0 Å². The second kappa shape index (κ2) is 13.0. The Kier molecular flexibility index (Phi) is 9.39. The number of rotatable bonds is 11. The highest BCUT2D eigenvalue weighted by atomic mass is 32.2. The number of anilines is 1. The Morgan fingerprint density at radius 2 is 1.91 bits per heavy atom. The van der Waals surface area contributed by atoms with Gasteiger partial charge in [-0.3, -0.25) is 4.79 Å². The minimum atomic E-state index is -0.828. The number of amides is 1. The van der Waals surface area contributed by atoms with Gasteiger partial charge in [-0.25, -0.2) is 0 Å². The monoisotopic (exact) mass is 600 g/mol. The first-order chi connectivity index (χ1) is 20.6. The number of hydrogen-bond acceptors (Lipinski definition) is 6. The van der Waals surface area contributed by atoms with Crippen LogP contribution in [0.25, 0.3) is 10.9 Å². The highest BCUT2D eigenvalue weighted by Crippen LogP contribution is 2.39. The maximum absolute atomic E-state index is 13.9. The molecule has 7 nitrogen and oxygen atoms in total. The molecule has 2 heterocycles. The molecule has 228 valence electrons. The standard InChI is InChI=1S/C35H44N4O3S/c1-7-25-22-39-21-23(2)43-38(5)31-18-26(17-29(25)33(31)39)34(41)37-30(16-24-12-9-8-10-13-24)32(40)20-36-35(3,4)27-14-11-15-28(19-27)42-6/h8-15,17-19,22-23,30,32,36,40H,7,16,20-21H2,1-6H3,(H,37,41)/t23?,30-,32+/m0/s1. The van der Waals surface area contributed by atoms with Gasteiger partial charge in [0.25, 0.3) is 5.91 Å². The quantitative estimate of drug-likeness (QED) is 0.185. The van der Waals surface area contributed by atoms with Crippen molar-refractivity contribution in [2.75, 3.05) is 25.0 Å². The lowest BCUT2D eigenvalue weighted by Crippen LogP contribution is -2.51. The van der Waals surface area contributed by atoms with Crippen LogP contribution in [0.4, 0.5) is 5.69 Å². The number of benzene rings is 3. The molecule has 0 fully saturated rings. The van der Waals surface area contributed by atoms with Crippen LogP contribution in [0, 0.1) is 0 Å². The molecule has 8 heteroatoms. The van der Waals surface area contributed by atoms with E-state index in [1.54, 1.807) is 19.1 Å². The second-order valence-corrected chi connectivity index (χ2v) is 13.6. The van der Waals surface area contributed by atoms with Crippen LogP contribution in [0.5, 0.6) is 5.75 Å². The van der Waals surface area contributed by atoms with E-state index in [1.165, 1.54) is 11.1 Å². The third-order valence-electron chi connectivity index (χ3n) is 8.43. The Balaban J connectivity index is 1.41. The van der Waals surface area contributed by atoms with E-state index in [0.717, 1.165) is 40.9 Å². The number of ether oxygens (including phenoxy) is 1. The summed E-state index contributed by atoms with van der Waals surface area (Å²) in [7, 11) is 3.73. The third-order valence-corrected chi connectivity index (χ3v) is 9.45. The fourth-order valence-corrected chi connectivity index (χ4v) is 6.96. The first-order valence-electron chi connectivity index (χ1n) is 15.1. The van der Waals surface area contributed by atoms with Crippen LogP contribution in [0.2, 0.25) is 0 Å². The molecule has 0 radical (unpaired) electrons. The molecule has 0 saturated carbocycles. The Morgan fingerprint density at radius 3 is 2.63 bits per heavy atom. The van der Waals surface area contributed by atoms with Crippen molar-refractivity contribution in [3.63, 3.8) is 0 Å². The normalized spacial score (nSPS) is 16.5. The third kappa shape index (κ3) is 6.87. The molecule has 1 aromatic heterocycles. The zero-order valence-corrected chi connectivity index (χ0v) is 26.9. The van der Waals surface area contributed by atoms with Crippen LogP contribution in [0.15, 0.2) is 72.9 Å². The van der Waals surface area contributed by atoms with Gasteiger partial charge in [0.2, 0.25) is 0 Å². The van der Waals surface area contributed by atoms with Gasteiger partial charge in [-0.05, 0) is 86.5 Å². The molecule has 1 unspecified atom stereocenters. The summed E-state index contributed by atoms with van der Waals surface area (Å²) in [4.78, 5) is 13.9. The number of nitrogens with one attached hydrogen (secondary N) is 2. The summed E-state index contributed by atoms with van der Waals surface area (Å²) in [6.45, 7) is 9.77. The molecule has 3 atom stereocenters. The van der Waals surface area contributed by atoms with E-state index in [-0.39, 0.29) is 5.91 Å². The number of aliphatic hydroxyl groups is 1. The zero-order chi connectivity index (χ0) is 30.7. The average molecular weight is 601 g/mol. The molecule has 3 N–H and O–H groups in total. The first kappa shape index (κ1) is 31.0. The number of nitrogens with zero attached hydrogens (tertiary/aromatic N) is 2. The van der Waals surface area contributed by atoms with Gasteiger partial charge < -0.3 is 29.3 Å². The van der Waals surface area contributed by atoms with E-state index in [0.29, 0.717) is 23.8 Å². The van der Waals surface area contributed by atoms with Crippen molar-refractivity contribution in [3.8, 4) is 5.75 Å². The van der Waals surface area contributed by atoms with Gasteiger partial charge in [0.1, 0.15) is 5.75 Å². The molecular formula is C35H44N4O3S. The Hall–Kier alpha value is -3.46. The van der Waals surface area contributed by atoms with Crippen molar-refractivity contribution >= 4 is 34.4 Å². The highest BCUT2D eigenvalue weighted by molar-refractivity contribution is 8.01. The lowest BCUT2D eigenvalue weighted by Gasteiger charge is -2.31. The van der Waals surface area contributed by atoms with Crippen LogP contribution >= 0.6 is 11.9 Å². The van der Waals surface area contributed by atoms with E-state index in [1.807, 2.05) is 66.7 Å². The molecule has 1 amide bonds. The summed E-state index contributed by atoms with van der Waals surface area (Å²) in [5.74, 6) is 0.601. The molecule has 3 aromatic carbocycles. The molecule has 0 bridgehead atoms. The van der Waals surface area contributed by atoms with Crippen LogP contribution < -0.4 is 19.7 Å². The predicted octanol–water partition coefficient (Wildman–Crippen LogP) is 5.93. The van der Waals surface area contributed by atoms with Crippen LogP contribution in [-0.4, -0.2) is 53.7 Å². The number of aryl methyl sites for hydroxylation is 1. The van der Waals surface area contributed by atoms with Gasteiger partial charge in [0.15, 0.2) is 0 Å². The molecule has 4 aromatic rings. The number of carbonyl (C=O) groups excluding carboxylic acids is 1. The predicted molar refractivity (Wildman–Crippen MR) is 178 cm³/mol. The maximum atomic E-state index is 13.9. The summed E-state index contributed by atoms with van der Waals surface area (Å²) >= 11 is 1.78. The van der Waals surface area contributed by atoms with Gasteiger partial charge in [0.05, 0.1) is 30.5 Å². The first-order valence-corrected chi connectivity index (χ1v) is 15.9. The number of hydrogen-bond donors (Lipinski definition) is 3. The molecule has 43 heavy (non-hydrogen) atoms. The molecular weight excluding hydrogens is 556 g/mol. The SMILES string of the molecule is CCc1cn2c3c(cc(C(=O)N[C@@H](Cc4ccccc4)[C@H](O)CNC(C)(C)c4cccc(OC)c4)cc13)N(C)SC(C)C2. The average Bonchev–Trinajstić information content (AvgIpc) is 3.30. The largest absolute Gasteiger partial charge is 0.497 e. The maximum Gasteiger partial charge on any atom is 0.251 e. The molecule has 0 aliphatic carbocycles. The van der Waals surface area contributed by atoms with Gasteiger partial charge in [-0.15, -0.1) is 0 Å². The molecule has 1 aliphatic rings. The lowest BCUT2D eigenvalue weighted by atomic mass is 9.93. The van der Waals surface area contributed by atoms with Crippen LogP contribution in [-0.2, 0) is 24.9 Å². The van der Waals surface area contributed by atoms with Crippen LogP contribution in [0.1, 0.15) is 54.7 Å². The van der Waals surface area contributed by atoms with Crippen molar-refractivity contribution in [3.05, 3.63) is 95.2 Å². The summed E-state index contributed by atoms with van der Waals surface area (Å²) in [6, 6.07) is 21.5. The number of methoxy groups -OCH3 is 1. The second-order valence-electron chi connectivity index (χ2n) is 12.0. The van der Waals surface area contributed by atoms with Crippen molar-refractivity contribution in [1.82, 2.24) is 15.2 Å². The number of carbonyl (C=O) groups is 1. The van der Waals surface area contributed by atoms with E-state index < -0.39 is 17.7 Å². The van der Waals surface area contributed by atoms with E-state index in [2.05, 4.69) is 60.4 Å².